The first kappa shape index (κ1) is 16.7. The maximum atomic E-state index is 12.7. The topological polar surface area (TPSA) is 68.0 Å². The molecule has 1 N–H and O–H groups in total. The first-order valence-corrected chi connectivity index (χ1v) is 8.61. The molecule has 1 amide bonds. The highest BCUT2D eigenvalue weighted by Crippen LogP contribution is 2.38. The third kappa shape index (κ3) is 3.66. The highest BCUT2D eigenvalue weighted by Gasteiger charge is 2.32. The van der Waals surface area contributed by atoms with Gasteiger partial charge < -0.3 is 9.73 Å². The summed E-state index contributed by atoms with van der Waals surface area (Å²) >= 11 is 0. The van der Waals surface area contributed by atoms with Gasteiger partial charge in [0.15, 0.2) is 0 Å². The third-order valence-electron chi connectivity index (χ3n) is 4.31. The smallest absolute Gasteiger partial charge is 0.270 e. The van der Waals surface area contributed by atoms with E-state index < -0.39 is 0 Å². The zero-order valence-electron chi connectivity index (χ0n) is 14.8. The lowest BCUT2D eigenvalue weighted by Gasteiger charge is -2.29. The lowest BCUT2D eigenvalue weighted by atomic mass is 9.85. The molecule has 1 unspecified atom stereocenters. The van der Waals surface area contributed by atoms with Crippen molar-refractivity contribution in [3.8, 4) is 0 Å². The van der Waals surface area contributed by atoms with E-state index in [-0.39, 0.29) is 17.4 Å². The lowest BCUT2D eigenvalue weighted by molar-refractivity contribution is 0.0883. The van der Waals surface area contributed by atoms with E-state index >= 15 is 0 Å². The SMILES string of the molecule is CCc1ccc(C(NC(=O)c2ccnc(C3CC3)n2)C(C)(C)C)o1. The Hall–Kier alpha value is -2.17. The van der Waals surface area contributed by atoms with Gasteiger partial charge in [-0.2, -0.15) is 0 Å². The van der Waals surface area contributed by atoms with Gasteiger partial charge in [-0.25, -0.2) is 9.97 Å². The summed E-state index contributed by atoms with van der Waals surface area (Å²) in [4.78, 5) is 21.4. The fourth-order valence-corrected chi connectivity index (χ4v) is 2.70. The number of rotatable bonds is 5. The summed E-state index contributed by atoms with van der Waals surface area (Å²) in [7, 11) is 0. The molecule has 1 saturated carbocycles. The molecule has 0 bridgehead atoms. The van der Waals surface area contributed by atoms with E-state index in [9.17, 15) is 4.79 Å². The van der Waals surface area contributed by atoms with Crippen LogP contribution >= 0.6 is 0 Å². The number of hydrogen-bond acceptors (Lipinski definition) is 4. The van der Waals surface area contributed by atoms with E-state index in [1.165, 1.54) is 0 Å². The first-order valence-electron chi connectivity index (χ1n) is 8.61. The molecule has 5 nitrogen and oxygen atoms in total. The number of carbonyl (C=O) groups excluding carboxylic acids is 1. The molecular formula is C19H25N3O2. The second kappa shape index (κ2) is 6.38. The molecule has 2 aromatic rings. The molecule has 2 heterocycles. The van der Waals surface area contributed by atoms with Crippen LogP contribution in [-0.4, -0.2) is 15.9 Å². The van der Waals surface area contributed by atoms with Gasteiger partial charge in [0.1, 0.15) is 23.0 Å². The average molecular weight is 327 g/mol. The van der Waals surface area contributed by atoms with Crippen molar-refractivity contribution >= 4 is 5.91 Å². The normalized spacial score (nSPS) is 16.0. The molecule has 128 valence electrons. The van der Waals surface area contributed by atoms with Gasteiger partial charge in [0, 0.05) is 18.5 Å². The minimum Gasteiger partial charge on any atom is -0.464 e. The van der Waals surface area contributed by atoms with Crippen molar-refractivity contribution in [3.63, 3.8) is 0 Å². The molecule has 1 aliphatic rings. The molecule has 3 rings (SSSR count). The van der Waals surface area contributed by atoms with Gasteiger partial charge in [0.05, 0.1) is 6.04 Å². The van der Waals surface area contributed by atoms with Crippen molar-refractivity contribution in [3.05, 3.63) is 47.4 Å². The van der Waals surface area contributed by atoms with E-state index in [1.807, 2.05) is 19.1 Å². The zero-order valence-corrected chi connectivity index (χ0v) is 14.8. The number of furan rings is 1. The maximum absolute atomic E-state index is 12.7. The van der Waals surface area contributed by atoms with Crippen LogP contribution in [0.25, 0.3) is 0 Å². The number of nitrogens with zero attached hydrogens (tertiary/aromatic N) is 2. The Kier molecular flexibility index (Phi) is 4.43. The number of aryl methyl sites for hydroxylation is 1. The second-order valence-electron chi connectivity index (χ2n) is 7.50. The summed E-state index contributed by atoms with van der Waals surface area (Å²) < 4.78 is 5.88. The van der Waals surface area contributed by atoms with Crippen molar-refractivity contribution in [2.45, 2.75) is 58.9 Å². The monoisotopic (exact) mass is 327 g/mol. The number of aromatic nitrogens is 2. The highest BCUT2D eigenvalue weighted by molar-refractivity contribution is 5.92. The van der Waals surface area contributed by atoms with Gasteiger partial charge in [0.2, 0.25) is 0 Å². The summed E-state index contributed by atoms with van der Waals surface area (Å²) in [5.74, 6) is 2.72. The van der Waals surface area contributed by atoms with Crippen LogP contribution in [0, 0.1) is 5.41 Å². The first-order chi connectivity index (χ1) is 11.4. The van der Waals surface area contributed by atoms with Gasteiger partial charge >= 0.3 is 0 Å². The predicted octanol–water partition coefficient (Wildman–Crippen LogP) is 4.03. The van der Waals surface area contributed by atoms with Crippen molar-refractivity contribution in [2.75, 3.05) is 0 Å². The van der Waals surface area contributed by atoms with Gasteiger partial charge in [-0.15, -0.1) is 0 Å². The van der Waals surface area contributed by atoms with Gasteiger partial charge in [-0.3, -0.25) is 4.79 Å². The molecule has 2 aromatic heterocycles. The molecule has 0 aliphatic heterocycles. The molecule has 1 atom stereocenters. The Bertz CT molecular complexity index is 726. The molecule has 0 radical (unpaired) electrons. The average Bonchev–Trinajstić information content (AvgIpc) is 3.30. The van der Waals surface area contributed by atoms with Crippen LogP contribution in [0.2, 0.25) is 0 Å². The third-order valence-corrected chi connectivity index (χ3v) is 4.31. The van der Waals surface area contributed by atoms with Gasteiger partial charge in [0.25, 0.3) is 5.91 Å². The van der Waals surface area contributed by atoms with Crippen LogP contribution in [0.4, 0.5) is 0 Å². The Labute approximate surface area is 142 Å². The van der Waals surface area contributed by atoms with Crippen LogP contribution in [-0.2, 0) is 6.42 Å². The Balaban J connectivity index is 1.81. The largest absolute Gasteiger partial charge is 0.464 e. The quantitative estimate of drug-likeness (QED) is 0.900. The molecule has 5 heteroatoms. The number of carbonyl (C=O) groups is 1. The lowest BCUT2D eigenvalue weighted by Crippen LogP contribution is -2.37. The van der Waals surface area contributed by atoms with Crippen molar-refractivity contribution in [1.82, 2.24) is 15.3 Å². The molecule has 1 aliphatic carbocycles. The summed E-state index contributed by atoms with van der Waals surface area (Å²) in [6, 6.07) is 5.37. The second-order valence-corrected chi connectivity index (χ2v) is 7.50. The van der Waals surface area contributed by atoms with Crippen LogP contribution in [0.5, 0.6) is 0 Å². The molecule has 1 fully saturated rings. The maximum Gasteiger partial charge on any atom is 0.270 e. The summed E-state index contributed by atoms with van der Waals surface area (Å²) in [6.07, 6.45) is 4.73. The molecular weight excluding hydrogens is 302 g/mol. The van der Waals surface area contributed by atoms with Gasteiger partial charge in [-0.1, -0.05) is 27.7 Å². The summed E-state index contributed by atoms with van der Waals surface area (Å²) in [6.45, 7) is 8.30. The minimum atomic E-state index is -0.218. The Morgan fingerprint density at radius 2 is 2.08 bits per heavy atom. The van der Waals surface area contributed by atoms with E-state index in [4.69, 9.17) is 4.42 Å². The minimum absolute atomic E-state index is 0.176. The molecule has 0 spiro atoms. The van der Waals surface area contributed by atoms with E-state index in [1.54, 1.807) is 12.3 Å². The number of hydrogen-bond donors (Lipinski definition) is 1. The Morgan fingerprint density at radius 1 is 1.33 bits per heavy atom. The number of nitrogens with one attached hydrogen (secondary N) is 1. The zero-order chi connectivity index (χ0) is 17.3. The highest BCUT2D eigenvalue weighted by atomic mass is 16.3. The molecule has 0 aromatic carbocycles. The molecule has 0 saturated heterocycles. The number of amides is 1. The Morgan fingerprint density at radius 3 is 2.67 bits per heavy atom. The fourth-order valence-electron chi connectivity index (χ4n) is 2.70. The van der Waals surface area contributed by atoms with Crippen LogP contribution < -0.4 is 5.32 Å². The molecule has 24 heavy (non-hydrogen) atoms. The predicted molar refractivity (Wildman–Crippen MR) is 91.8 cm³/mol. The van der Waals surface area contributed by atoms with E-state index in [0.717, 1.165) is 36.6 Å². The van der Waals surface area contributed by atoms with Crippen LogP contribution in [0.1, 0.15) is 80.3 Å². The van der Waals surface area contributed by atoms with Crippen molar-refractivity contribution < 1.29 is 9.21 Å². The summed E-state index contributed by atoms with van der Waals surface area (Å²) in [5, 5.41) is 3.09. The standard InChI is InChI=1S/C19H25N3O2/c1-5-13-8-9-15(24-13)16(19(2,3)4)22-18(23)14-10-11-20-17(21-14)12-6-7-12/h8-12,16H,5-7H2,1-4H3,(H,22,23). The summed E-state index contributed by atoms with van der Waals surface area (Å²) in [5.41, 5.74) is 0.244. The van der Waals surface area contributed by atoms with Crippen molar-refractivity contribution in [2.24, 2.45) is 5.41 Å². The van der Waals surface area contributed by atoms with Gasteiger partial charge in [-0.05, 0) is 36.5 Å². The van der Waals surface area contributed by atoms with Crippen LogP contribution in [0.15, 0.2) is 28.8 Å². The van der Waals surface area contributed by atoms with E-state index in [2.05, 4.69) is 36.1 Å². The van der Waals surface area contributed by atoms with Crippen LogP contribution in [0.3, 0.4) is 0 Å². The van der Waals surface area contributed by atoms with E-state index in [0.29, 0.717) is 11.6 Å². The van der Waals surface area contributed by atoms with Crippen molar-refractivity contribution in [1.29, 1.82) is 0 Å². The fraction of sp³-hybridized carbons (Fsp3) is 0.526.